The van der Waals surface area contributed by atoms with Crippen LogP contribution in [0, 0.1) is 0 Å². The molecule has 0 saturated carbocycles. The molecule has 2 rings (SSSR count). The molecule has 0 radical (unpaired) electrons. The minimum absolute atomic E-state index is 0.516. The smallest absolute Gasteiger partial charge is 0.239 e. The number of likely N-dealkylation sites (N-methyl/N-ethyl adjacent to an activating group) is 1. The number of nitrogen functional groups attached to an aromatic ring is 1. The Morgan fingerprint density at radius 1 is 1.56 bits per heavy atom. The van der Waals surface area contributed by atoms with Crippen LogP contribution in [0.5, 0.6) is 5.88 Å². The van der Waals surface area contributed by atoms with Gasteiger partial charge in [0.15, 0.2) is 0 Å². The number of aromatic nitrogens is 1. The molecule has 1 aliphatic heterocycles. The number of likely N-dealkylation sites (tertiary alicyclic amines) is 1. The molecule has 1 aliphatic rings. The summed E-state index contributed by atoms with van der Waals surface area (Å²) in [4.78, 5) is 6.75. The molecule has 5 heteroatoms. The maximum atomic E-state index is 5.79. The Labute approximate surface area is 108 Å². The molecule has 1 aromatic heterocycles. The monoisotopic (exact) mass is 250 g/mol. The van der Waals surface area contributed by atoms with Gasteiger partial charge in [0.25, 0.3) is 0 Å². The van der Waals surface area contributed by atoms with E-state index < -0.39 is 0 Å². The molecule has 100 valence electrons. The van der Waals surface area contributed by atoms with E-state index in [1.54, 1.807) is 0 Å². The van der Waals surface area contributed by atoms with Crippen molar-refractivity contribution in [3.05, 3.63) is 12.1 Å². The molecule has 1 saturated heterocycles. The van der Waals surface area contributed by atoms with E-state index in [0.29, 0.717) is 24.2 Å². The van der Waals surface area contributed by atoms with Crippen molar-refractivity contribution in [3.8, 4) is 5.88 Å². The summed E-state index contributed by atoms with van der Waals surface area (Å²) >= 11 is 0. The van der Waals surface area contributed by atoms with Gasteiger partial charge >= 0.3 is 0 Å². The average molecular weight is 250 g/mol. The van der Waals surface area contributed by atoms with Crippen LogP contribution in [0.25, 0.3) is 0 Å². The molecule has 18 heavy (non-hydrogen) atoms. The van der Waals surface area contributed by atoms with Crippen molar-refractivity contribution in [3.63, 3.8) is 0 Å². The Morgan fingerprint density at radius 2 is 2.39 bits per heavy atom. The third-order valence-corrected chi connectivity index (χ3v) is 3.36. The maximum absolute atomic E-state index is 5.79. The first-order valence-corrected chi connectivity index (χ1v) is 6.54. The third kappa shape index (κ3) is 3.04. The fraction of sp³-hybridized carbons (Fsp3) is 0.615. The standard InChI is InChI=1S/C13H22N4O/c1-3-18-13-11(14)6-7-12(16-13)15-9-10-5-4-8-17(10)2/h6-7,10H,3-5,8-9,14H2,1-2H3,(H,15,16). The first-order chi connectivity index (χ1) is 8.70. The van der Waals surface area contributed by atoms with Gasteiger partial charge in [0.1, 0.15) is 5.82 Å². The van der Waals surface area contributed by atoms with Crippen LogP contribution < -0.4 is 15.8 Å². The zero-order valence-electron chi connectivity index (χ0n) is 11.1. The van der Waals surface area contributed by atoms with E-state index in [-0.39, 0.29) is 0 Å². The predicted octanol–water partition coefficient (Wildman–Crippen LogP) is 1.57. The first-order valence-electron chi connectivity index (χ1n) is 6.54. The first kappa shape index (κ1) is 13.0. The SMILES string of the molecule is CCOc1nc(NCC2CCCN2C)ccc1N. The molecule has 0 aromatic carbocycles. The highest BCUT2D eigenvalue weighted by Crippen LogP contribution is 2.21. The number of nitrogens with zero attached hydrogens (tertiary/aromatic N) is 2. The van der Waals surface area contributed by atoms with Crippen LogP contribution in [-0.4, -0.2) is 42.7 Å². The summed E-state index contributed by atoms with van der Waals surface area (Å²) in [5, 5.41) is 3.35. The molecular formula is C13H22N4O. The Bertz CT molecular complexity index is 397. The molecule has 0 amide bonds. The van der Waals surface area contributed by atoms with E-state index in [0.717, 1.165) is 12.4 Å². The number of hydrogen-bond donors (Lipinski definition) is 2. The number of hydrogen-bond acceptors (Lipinski definition) is 5. The summed E-state index contributed by atoms with van der Waals surface area (Å²) in [7, 11) is 2.17. The van der Waals surface area contributed by atoms with E-state index in [1.807, 2.05) is 19.1 Å². The molecule has 0 aliphatic carbocycles. The van der Waals surface area contributed by atoms with Crippen LogP contribution in [0.1, 0.15) is 19.8 Å². The molecule has 0 bridgehead atoms. The fourth-order valence-electron chi connectivity index (χ4n) is 2.26. The van der Waals surface area contributed by atoms with E-state index in [1.165, 1.54) is 19.4 Å². The predicted molar refractivity (Wildman–Crippen MR) is 74.0 cm³/mol. The van der Waals surface area contributed by atoms with Crippen molar-refractivity contribution >= 4 is 11.5 Å². The van der Waals surface area contributed by atoms with Gasteiger partial charge in [-0.25, -0.2) is 0 Å². The number of nitrogens with two attached hydrogens (primary N) is 1. The normalized spacial score (nSPS) is 20.0. The lowest BCUT2D eigenvalue weighted by Crippen LogP contribution is -2.31. The summed E-state index contributed by atoms with van der Waals surface area (Å²) in [5.74, 6) is 1.34. The van der Waals surface area contributed by atoms with Crippen molar-refractivity contribution in [2.75, 3.05) is 37.8 Å². The summed E-state index contributed by atoms with van der Waals surface area (Å²) in [6, 6.07) is 4.32. The van der Waals surface area contributed by atoms with Crippen LogP contribution in [0.4, 0.5) is 11.5 Å². The largest absolute Gasteiger partial charge is 0.476 e. The molecule has 5 nitrogen and oxygen atoms in total. The van der Waals surface area contributed by atoms with Crippen LogP contribution in [-0.2, 0) is 0 Å². The lowest BCUT2D eigenvalue weighted by Gasteiger charge is -2.20. The van der Waals surface area contributed by atoms with Crippen molar-refractivity contribution in [1.29, 1.82) is 0 Å². The summed E-state index contributed by atoms with van der Waals surface area (Å²) < 4.78 is 5.38. The topological polar surface area (TPSA) is 63.4 Å². The Morgan fingerprint density at radius 3 is 3.06 bits per heavy atom. The Hall–Kier alpha value is -1.49. The van der Waals surface area contributed by atoms with Gasteiger partial charge in [0.2, 0.25) is 5.88 Å². The minimum atomic E-state index is 0.516. The van der Waals surface area contributed by atoms with Gasteiger partial charge in [0.05, 0.1) is 12.3 Å². The third-order valence-electron chi connectivity index (χ3n) is 3.36. The second-order valence-corrected chi connectivity index (χ2v) is 4.68. The number of ether oxygens (including phenoxy) is 1. The van der Waals surface area contributed by atoms with Gasteiger partial charge in [-0.3, -0.25) is 0 Å². The summed E-state index contributed by atoms with van der Waals surface area (Å²) in [6.07, 6.45) is 2.53. The molecule has 1 aromatic rings. The highest BCUT2D eigenvalue weighted by Gasteiger charge is 2.20. The van der Waals surface area contributed by atoms with Crippen LogP contribution in [0.15, 0.2) is 12.1 Å². The van der Waals surface area contributed by atoms with Crippen LogP contribution in [0.2, 0.25) is 0 Å². The van der Waals surface area contributed by atoms with E-state index in [9.17, 15) is 0 Å². The van der Waals surface area contributed by atoms with E-state index >= 15 is 0 Å². The lowest BCUT2D eigenvalue weighted by atomic mass is 10.2. The zero-order chi connectivity index (χ0) is 13.0. The van der Waals surface area contributed by atoms with E-state index in [2.05, 4.69) is 22.2 Å². The average Bonchev–Trinajstić information content (AvgIpc) is 2.76. The molecule has 1 unspecified atom stereocenters. The van der Waals surface area contributed by atoms with Crippen LogP contribution in [0.3, 0.4) is 0 Å². The van der Waals surface area contributed by atoms with Gasteiger partial charge in [-0.15, -0.1) is 0 Å². The van der Waals surface area contributed by atoms with E-state index in [4.69, 9.17) is 10.5 Å². The van der Waals surface area contributed by atoms with Gasteiger partial charge in [-0.05, 0) is 45.5 Å². The second-order valence-electron chi connectivity index (χ2n) is 4.68. The van der Waals surface area contributed by atoms with Crippen molar-refractivity contribution in [1.82, 2.24) is 9.88 Å². The number of rotatable bonds is 5. The molecular weight excluding hydrogens is 228 g/mol. The Kier molecular flexibility index (Phi) is 4.25. The van der Waals surface area contributed by atoms with Crippen molar-refractivity contribution < 1.29 is 4.74 Å². The summed E-state index contributed by atoms with van der Waals surface area (Å²) in [5.41, 5.74) is 6.38. The highest BCUT2D eigenvalue weighted by atomic mass is 16.5. The minimum Gasteiger partial charge on any atom is -0.476 e. The van der Waals surface area contributed by atoms with Gasteiger partial charge < -0.3 is 20.7 Å². The molecule has 2 heterocycles. The quantitative estimate of drug-likeness (QED) is 0.830. The van der Waals surface area contributed by atoms with Gasteiger partial charge in [-0.2, -0.15) is 4.98 Å². The molecule has 1 fully saturated rings. The van der Waals surface area contributed by atoms with Crippen molar-refractivity contribution in [2.24, 2.45) is 0 Å². The summed E-state index contributed by atoms with van der Waals surface area (Å²) in [6.45, 7) is 4.60. The molecule has 3 N–H and O–H groups in total. The maximum Gasteiger partial charge on any atom is 0.239 e. The number of anilines is 2. The molecule has 1 atom stereocenters. The second kappa shape index (κ2) is 5.91. The van der Waals surface area contributed by atoms with Gasteiger partial charge in [0, 0.05) is 12.6 Å². The zero-order valence-corrected chi connectivity index (χ0v) is 11.1. The highest BCUT2D eigenvalue weighted by molar-refractivity contribution is 5.53. The van der Waals surface area contributed by atoms with Gasteiger partial charge in [-0.1, -0.05) is 0 Å². The lowest BCUT2D eigenvalue weighted by molar-refractivity contribution is 0.321. The number of nitrogens with one attached hydrogen (secondary N) is 1. The van der Waals surface area contributed by atoms with Crippen molar-refractivity contribution in [2.45, 2.75) is 25.8 Å². The van der Waals surface area contributed by atoms with Crippen LogP contribution >= 0.6 is 0 Å². The number of pyridine rings is 1. The Balaban J connectivity index is 1.94. The fourth-order valence-corrected chi connectivity index (χ4v) is 2.26. The molecule has 0 spiro atoms.